The molecule has 0 aromatic heterocycles. The van der Waals surface area contributed by atoms with Crippen molar-refractivity contribution in [1.82, 2.24) is 0 Å². The van der Waals surface area contributed by atoms with Crippen molar-refractivity contribution in [3.05, 3.63) is 48.0 Å². The molecule has 0 unspecified atom stereocenters. The third kappa shape index (κ3) is 6.37. The van der Waals surface area contributed by atoms with Crippen LogP contribution in [0.25, 0.3) is 21.5 Å². The molecule has 0 spiro atoms. The summed E-state index contributed by atoms with van der Waals surface area (Å²) in [5.41, 5.74) is 1.09. The molecule has 3 aromatic carbocycles. The quantitative estimate of drug-likeness (QED) is 0.198. The van der Waals surface area contributed by atoms with Crippen LogP contribution in [-0.4, -0.2) is 38.4 Å². The van der Waals surface area contributed by atoms with Gasteiger partial charge >= 0.3 is 11.9 Å². The molecule has 0 atom stereocenters. The van der Waals surface area contributed by atoms with E-state index in [2.05, 4.69) is 6.07 Å². The molecule has 176 valence electrons. The lowest BCUT2D eigenvalue weighted by atomic mass is 9.99. The van der Waals surface area contributed by atoms with Crippen LogP contribution in [0, 0.1) is 6.92 Å². The minimum Gasteiger partial charge on any atom is -0.489 e. The molecule has 0 saturated carbocycles. The smallest absolute Gasteiger partial charge is 0.305 e. The summed E-state index contributed by atoms with van der Waals surface area (Å²) in [6.07, 6.45) is 2.33. The molecule has 6 nitrogen and oxygen atoms in total. The van der Waals surface area contributed by atoms with Crippen LogP contribution >= 0.6 is 0 Å². The van der Waals surface area contributed by atoms with Crippen molar-refractivity contribution in [1.29, 1.82) is 0 Å². The fraction of sp³-hybridized carbons (Fsp3) is 0.407. The number of carbonyl (C=O) groups is 2. The summed E-state index contributed by atoms with van der Waals surface area (Å²) in [6.45, 7) is 6.82. The van der Waals surface area contributed by atoms with E-state index in [9.17, 15) is 9.59 Å². The SMILES string of the molecule is CCCC(=O)OCCOc1c2ccccc2c(OCCOC(=O)CCC)c2cc(C)ccc12. The van der Waals surface area contributed by atoms with Crippen molar-refractivity contribution >= 4 is 33.5 Å². The summed E-state index contributed by atoms with van der Waals surface area (Å²) in [5, 5.41) is 3.66. The highest BCUT2D eigenvalue weighted by Gasteiger charge is 2.17. The van der Waals surface area contributed by atoms with Crippen LogP contribution in [-0.2, 0) is 19.1 Å². The van der Waals surface area contributed by atoms with E-state index in [0.29, 0.717) is 12.8 Å². The van der Waals surface area contributed by atoms with Crippen LogP contribution in [0.15, 0.2) is 42.5 Å². The average molecular weight is 453 g/mol. The van der Waals surface area contributed by atoms with E-state index in [0.717, 1.165) is 51.4 Å². The summed E-state index contributed by atoms with van der Waals surface area (Å²) < 4.78 is 22.8. The molecule has 0 aliphatic rings. The van der Waals surface area contributed by atoms with E-state index in [1.807, 2.05) is 57.2 Å². The molecule has 0 amide bonds. The van der Waals surface area contributed by atoms with Gasteiger partial charge in [-0.2, -0.15) is 0 Å². The lowest BCUT2D eigenvalue weighted by Crippen LogP contribution is -2.13. The predicted octanol–water partition coefficient (Wildman–Crippen LogP) is 5.75. The van der Waals surface area contributed by atoms with Gasteiger partial charge in [0.2, 0.25) is 0 Å². The van der Waals surface area contributed by atoms with Crippen LogP contribution in [0.1, 0.15) is 45.1 Å². The van der Waals surface area contributed by atoms with Crippen molar-refractivity contribution in [2.24, 2.45) is 0 Å². The van der Waals surface area contributed by atoms with Gasteiger partial charge in [-0.05, 0) is 25.8 Å². The Labute approximate surface area is 194 Å². The maximum Gasteiger partial charge on any atom is 0.305 e. The molecule has 0 aliphatic heterocycles. The minimum absolute atomic E-state index is 0.196. The third-order valence-electron chi connectivity index (χ3n) is 5.17. The molecule has 0 bridgehead atoms. The Balaban J connectivity index is 1.87. The van der Waals surface area contributed by atoms with Crippen LogP contribution in [0.3, 0.4) is 0 Å². The van der Waals surface area contributed by atoms with Crippen molar-refractivity contribution < 1.29 is 28.5 Å². The Morgan fingerprint density at radius 1 is 0.667 bits per heavy atom. The molecule has 0 radical (unpaired) electrons. The van der Waals surface area contributed by atoms with Crippen molar-refractivity contribution in [3.8, 4) is 11.5 Å². The predicted molar refractivity (Wildman–Crippen MR) is 129 cm³/mol. The molecule has 3 aromatic rings. The number of esters is 2. The Morgan fingerprint density at radius 3 is 1.67 bits per heavy atom. The molecule has 0 fully saturated rings. The van der Waals surface area contributed by atoms with Gasteiger partial charge in [0.25, 0.3) is 0 Å². The number of ether oxygens (including phenoxy) is 4. The van der Waals surface area contributed by atoms with Crippen molar-refractivity contribution in [2.45, 2.75) is 46.5 Å². The highest BCUT2D eigenvalue weighted by molar-refractivity contribution is 6.11. The molecule has 6 heteroatoms. The van der Waals surface area contributed by atoms with E-state index >= 15 is 0 Å². The van der Waals surface area contributed by atoms with Crippen LogP contribution in [0.2, 0.25) is 0 Å². The molecule has 33 heavy (non-hydrogen) atoms. The first-order valence-corrected chi connectivity index (χ1v) is 11.6. The first-order chi connectivity index (χ1) is 16.0. The molecule has 3 rings (SSSR count). The van der Waals surface area contributed by atoms with E-state index in [-0.39, 0.29) is 38.4 Å². The second-order valence-corrected chi connectivity index (χ2v) is 7.89. The molecular weight excluding hydrogens is 420 g/mol. The lowest BCUT2D eigenvalue weighted by molar-refractivity contribution is -0.145. The first kappa shape index (κ1) is 24.4. The number of benzene rings is 3. The second-order valence-electron chi connectivity index (χ2n) is 7.89. The largest absolute Gasteiger partial charge is 0.489 e. The summed E-state index contributed by atoms with van der Waals surface area (Å²) in [6, 6.07) is 14.0. The van der Waals surface area contributed by atoms with E-state index in [1.54, 1.807) is 0 Å². The Kier molecular flexibility index (Phi) is 8.93. The summed E-state index contributed by atoms with van der Waals surface area (Å²) in [7, 11) is 0. The Bertz CT molecular complexity index is 1100. The normalized spacial score (nSPS) is 10.9. The van der Waals surface area contributed by atoms with E-state index < -0.39 is 0 Å². The third-order valence-corrected chi connectivity index (χ3v) is 5.17. The zero-order valence-corrected chi connectivity index (χ0v) is 19.6. The highest BCUT2D eigenvalue weighted by atomic mass is 16.6. The maximum atomic E-state index is 11.6. The van der Waals surface area contributed by atoms with Gasteiger partial charge in [-0.3, -0.25) is 9.59 Å². The molecule has 0 aliphatic carbocycles. The number of hydrogen-bond acceptors (Lipinski definition) is 6. The lowest BCUT2D eigenvalue weighted by Gasteiger charge is -2.18. The fourth-order valence-electron chi connectivity index (χ4n) is 3.68. The highest BCUT2D eigenvalue weighted by Crippen LogP contribution is 2.43. The summed E-state index contributed by atoms with van der Waals surface area (Å²) in [4.78, 5) is 23.3. The molecule has 0 saturated heterocycles. The summed E-state index contributed by atoms with van der Waals surface area (Å²) >= 11 is 0. The zero-order chi connectivity index (χ0) is 23.6. The average Bonchev–Trinajstić information content (AvgIpc) is 2.80. The van der Waals surface area contributed by atoms with Gasteiger partial charge in [-0.1, -0.05) is 55.8 Å². The number of rotatable bonds is 12. The van der Waals surface area contributed by atoms with Crippen molar-refractivity contribution in [3.63, 3.8) is 0 Å². The van der Waals surface area contributed by atoms with Crippen molar-refractivity contribution in [2.75, 3.05) is 26.4 Å². The monoisotopic (exact) mass is 452 g/mol. The Morgan fingerprint density at radius 2 is 1.15 bits per heavy atom. The van der Waals surface area contributed by atoms with Gasteiger partial charge in [-0.25, -0.2) is 0 Å². The standard InChI is InChI=1S/C27H32O6/c1-4-8-24(28)30-14-16-32-26-20-10-6-7-11-21(20)27(23-18-19(3)12-13-22(23)26)33-17-15-31-25(29)9-5-2/h6-7,10-13,18H,4-5,8-9,14-17H2,1-3H3. The van der Waals surface area contributed by atoms with Gasteiger partial charge in [0.15, 0.2) is 0 Å². The Hall–Kier alpha value is -3.28. The van der Waals surface area contributed by atoms with Gasteiger partial charge in [0.05, 0.1) is 0 Å². The number of hydrogen-bond donors (Lipinski definition) is 0. The molecule has 0 heterocycles. The van der Waals surface area contributed by atoms with Gasteiger partial charge in [-0.15, -0.1) is 0 Å². The zero-order valence-electron chi connectivity index (χ0n) is 19.6. The minimum atomic E-state index is -0.213. The van der Waals surface area contributed by atoms with Gasteiger partial charge in [0.1, 0.15) is 37.9 Å². The van der Waals surface area contributed by atoms with E-state index in [1.165, 1.54) is 0 Å². The molecular formula is C27H32O6. The van der Waals surface area contributed by atoms with E-state index in [4.69, 9.17) is 18.9 Å². The number of fused-ring (bicyclic) bond motifs is 2. The maximum absolute atomic E-state index is 11.6. The van der Waals surface area contributed by atoms with Gasteiger partial charge in [0, 0.05) is 34.4 Å². The fourth-order valence-corrected chi connectivity index (χ4v) is 3.68. The first-order valence-electron chi connectivity index (χ1n) is 11.6. The second kappa shape index (κ2) is 12.1. The molecule has 0 N–H and O–H groups in total. The van der Waals surface area contributed by atoms with Gasteiger partial charge < -0.3 is 18.9 Å². The summed E-state index contributed by atoms with van der Waals surface area (Å²) in [5.74, 6) is 1.04. The topological polar surface area (TPSA) is 71.1 Å². The van der Waals surface area contributed by atoms with Crippen LogP contribution < -0.4 is 9.47 Å². The number of aryl methyl sites for hydroxylation is 1. The number of carbonyl (C=O) groups excluding carboxylic acids is 2. The van der Waals surface area contributed by atoms with Crippen LogP contribution in [0.4, 0.5) is 0 Å². The van der Waals surface area contributed by atoms with Crippen LogP contribution in [0.5, 0.6) is 11.5 Å².